The average molecular weight is 587 g/mol. The lowest BCUT2D eigenvalue weighted by atomic mass is 9.94. The molecule has 0 saturated carbocycles. The van der Waals surface area contributed by atoms with Crippen LogP contribution in [0.4, 0.5) is 10.8 Å². The summed E-state index contributed by atoms with van der Waals surface area (Å²) in [4.78, 5) is 32.6. The number of hydrogen-bond acceptors (Lipinski definition) is 9. The number of piperazine rings is 1. The molecule has 11 nitrogen and oxygen atoms in total. The Bertz CT molecular complexity index is 1470. The summed E-state index contributed by atoms with van der Waals surface area (Å²) in [5.74, 6) is 0.418. The number of non-ortho nitro benzene ring substituents is 1. The van der Waals surface area contributed by atoms with Gasteiger partial charge in [-0.15, -0.1) is 0 Å². The van der Waals surface area contributed by atoms with Crippen LogP contribution in [0.5, 0.6) is 0 Å². The Hall–Kier alpha value is -3.13. The number of hydrogen-bond donors (Lipinski definition) is 1. The minimum atomic E-state index is -3.58. The highest BCUT2D eigenvalue weighted by Crippen LogP contribution is 2.32. The largest absolute Gasteiger partial charge is 0.351 e. The summed E-state index contributed by atoms with van der Waals surface area (Å²) in [6.45, 7) is 9.55. The van der Waals surface area contributed by atoms with Crippen molar-refractivity contribution in [3.63, 3.8) is 0 Å². The van der Waals surface area contributed by atoms with Gasteiger partial charge in [-0.05, 0) is 48.6 Å². The Morgan fingerprint density at radius 1 is 1.07 bits per heavy atom. The summed E-state index contributed by atoms with van der Waals surface area (Å²) >= 11 is 1.46. The zero-order valence-electron chi connectivity index (χ0n) is 22.7. The predicted octanol–water partition coefficient (Wildman–Crippen LogP) is 3.42. The van der Waals surface area contributed by atoms with Crippen LogP contribution in [-0.2, 0) is 10.0 Å². The summed E-state index contributed by atoms with van der Waals surface area (Å²) in [5.41, 5.74) is 1.26. The minimum Gasteiger partial charge on any atom is -0.351 e. The van der Waals surface area contributed by atoms with E-state index in [0.29, 0.717) is 43.6 Å². The number of fused-ring (bicyclic) bond motifs is 1. The Balaban J connectivity index is 1.09. The number of benzene rings is 2. The van der Waals surface area contributed by atoms with Crippen LogP contribution < -0.4 is 10.2 Å². The molecule has 0 aliphatic carbocycles. The summed E-state index contributed by atoms with van der Waals surface area (Å²) in [7, 11) is -3.58. The molecule has 2 saturated heterocycles. The normalized spacial score (nSPS) is 21.0. The van der Waals surface area contributed by atoms with Crippen molar-refractivity contribution in [3.8, 4) is 0 Å². The highest BCUT2D eigenvalue weighted by Gasteiger charge is 2.31. The number of carbonyl (C=O) groups is 1. The Morgan fingerprint density at radius 3 is 2.40 bits per heavy atom. The molecule has 0 bridgehead atoms. The van der Waals surface area contributed by atoms with E-state index in [1.165, 1.54) is 29.5 Å². The van der Waals surface area contributed by atoms with Crippen LogP contribution >= 0.6 is 11.3 Å². The smallest absolute Gasteiger partial charge is 0.270 e. The molecule has 3 heterocycles. The van der Waals surface area contributed by atoms with Crippen molar-refractivity contribution in [3.05, 3.63) is 58.1 Å². The van der Waals surface area contributed by atoms with Crippen molar-refractivity contribution < 1.29 is 18.1 Å². The van der Waals surface area contributed by atoms with Crippen LogP contribution in [0.25, 0.3) is 10.2 Å². The van der Waals surface area contributed by atoms with Gasteiger partial charge in [-0.1, -0.05) is 25.2 Å². The number of nitro benzene ring substituents is 1. The lowest BCUT2D eigenvalue weighted by molar-refractivity contribution is -0.384. The molecule has 40 heavy (non-hydrogen) atoms. The van der Waals surface area contributed by atoms with Gasteiger partial charge in [0.15, 0.2) is 5.13 Å². The van der Waals surface area contributed by atoms with Crippen molar-refractivity contribution >= 4 is 48.3 Å². The number of rotatable bonds is 8. The van der Waals surface area contributed by atoms with E-state index in [-0.39, 0.29) is 16.5 Å². The molecule has 2 unspecified atom stereocenters. The Kier molecular flexibility index (Phi) is 8.36. The molecule has 2 aliphatic rings. The molecule has 5 rings (SSSR count). The van der Waals surface area contributed by atoms with E-state index in [2.05, 4.69) is 33.9 Å². The molecule has 0 spiro atoms. The van der Waals surface area contributed by atoms with Gasteiger partial charge in [0.05, 0.1) is 20.0 Å². The van der Waals surface area contributed by atoms with Gasteiger partial charge in [-0.25, -0.2) is 13.4 Å². The van der Waals surface area contributed by atoms with E-state index in [1.807, 2.05) is 0 Å². The molecular formula is C27H34N6O5S2. The van der Waals surface area contributed by atoms with E-state index < -0.39 is 14.9 Å². The van der Waals surface area contributed by atoms with E-state index >= 15 is 0 Å². The van der Waals surface area contributed by atoms with Crippen LogP contribution in [0, 0.1) is 22.0 Å². The second-order valence-corrected chi connectivity index (χ2v) is 13.7. The van der Waals surface area contributed by atoms with Gasteiger partial charge in [-0.3, -0.25) is 19.8 Å². The van der Waals surface area contributed by atoms with Crippen molar-refractivity contribution in [1.29, 1.82) is 0 Å². The van der Waals surface area contributed by atoms with Crippen LogP contribution in [-0.4, -0.2) is 85.8 Å². The molecule has 2 aliphatic heterocycles. The molecular weight excluding hydrogens is 552 g/mol. The van der Waals surface area contributed by atoms with E-state index in [4.69, 9.17) is 0 Å². The van der Waals surface area contributed by atoms with Gasteiger partial charge in [-0.2, -0.15) is 4.31 Å². The summed E-state index contributed by atoms with van der Waals surface area (Å²) in [6.07, 6.45) is 1.03. The molecule has 1 amide bonds. The number of nitro groups is 1. The van der Waals surface area contributed by atoms with E-state index in [9.17, 15) is 23.3 Å². The highest BCUT2D eigenvalue weighted by molar-refractivity contribution is 7.89. The SMILES string of the molecule is CC1CC(C)CN(S(=O)(=O)c2ccc(C(=O)NCCN3CCN(c4nc5ccc([N+](=O)[O-])cc5s4)CC3)cc2)C1. The molecule has 2 aromatic carbocycles. The maximum Gasteiger partial charge on any atom is 0.270 e. The second-order valence-electron chi connectivity index (χ2n) is 10.8. The molecule has 13 heteroatoms. The van der Waals surface area contributed by atoms with Crippen molar-refractivity contribution in [2.75, 3.05) is 57.3 Å². The van der Waals surface area contributed by atoms with Crippen molar-refractivity contribution in [1.82, 2.24) is 19.5 Å². The summed E-state index contributed by atoms with van der Waals surface area (Å²) in [6, 6.07) is 10.9. The van der Waals surface area contributed by atoms with Gasteiger partial charge < -0.3 is 10.2 Å². The third kappa shape index (κ3) is 6.27. The monoisotopic (exact) mass is 586 g/mol. The number of carbonyl (C=O) groups excluding carboxylic acids is 1. The van der Waals surface area contributed by atoms with Gasteiger partial charge >= 0.3 is 0 Å². The number of anilines is 1. The standard InChI is InChI=1S/C27H34N6O5S2/c1-19-15-20(2)18-32(17-19)40(37,38)23-6-3-21(4-7-23)26(34)28-9-10-30-11-13-31(14-12-30)27-29-24-8-5-22(33(35)36)16-25(24)39-27/h3-8,16,19-20H,9-15,17-18H2,1-2H3,(H,28,34). The molecule has 214 valence electrons. The van der Waals surface area contributed by atoms with Gasteiger partial charge in [0.2, 0.25) is 10.0 Å². The fourth-order valence-electron chi connectivity index (χ4n) is 5.47. The van der Waals surface area contributed by atoms with E-state index in [1.54, 1.807) is 28.6 Å². The molecule has 3 aromatic rings. The topological polar surface area (TPSA) is 129 Å². The van der Waals surface area contributed by atoms with Crippen LogP contribution in [0.3, 0.4) is 0 Å². The van der Waals surface area contributed by atoms with Gasteiger partial charge in [0, 0.05) is 70.1 Å². The molecule has 1 aromatic heterocycles. The zero-order valence-corrected chi connectivity index (χ0v) is 24.3. The second kappa shape index (κ2) is 11.8. The first-order valence-corrected chi connectivity index (χ1v) is 15.8. The van der Waals surface area contributed by atoms with E-state index in [0.717, 1.165) is 47.9 Å². The number of nitrogens with zero attached hydrogens (tertiary/aromatic N) is 5. The highest BCUT2D eigenvalue weighted by atomic mass is 32.2. The minimum absolute atomic E-state index is 0.0670. The van der Waals surface area contributed by atoms with Gasteiger partial charge in [0.1, 0.15) is 0 Å². The third-order valence-corrected chi connectivity index (χ3v) is 10.4. The fourth-order valence-corrected chi connectivity index (χ4v) is 8.20. The van der Waals surface area contributed by atoms with Gasteiger partial charge in [0.25, 0.3) is 11.6 Å². The molecule has 1 N–H and O–H groups in total. The Morgan fingerprint density at radius 2 is 1.75 bits per heavy atom. The zero-order chi connectivity index (χ0) is 28.4. The number of sulfonamides is 1. The number of aromatic nitrogens is 1. The lowest BCUT2D eigenvalue weighted by Crippen LogP contribution is -2.48. The van der Waals surface area contributed by atoms with Crippen LogP contribution in [0.15, 0.2) is 47.4 Å². The summed E-state index contributed by atoms with van der Waals surface area (Å²) in [5, 5.41) is 14.8. The first-order valence-electron chi connectivity index (χ1n) is 13.5. The first-order chi connectivity index (χ1) is 19.1. The number of nitrogens with one attached hydrogen (secondary N) is 1. The number of piperidine rings is 1. The van der Waals surface area contributed by atoms with Crippen molar-refractivity contribution in [2.24, 2.45) is 11.8 Å². The van der Waals surface area contributed by atoms with Crippen LogP contribution in [0.2, 0.25) is 0 Å². The van der Waals surface area contributed by atoms with Crippen molar-refractivity contribution in [2.45, 2.75) is 25.2 Å². The molecule has 2 atom stereocenters. The molecule has 2 fully saturated rings. The maximum atomic E-state index is 13.1. The van der Waals surface area contributed by atoms with Crippen LogP contribution in [0.1, 0.15) is 30.6 Å². The molecule has 0 radical (unpaired) electrons. The summed E-state index contributed by atoms with van der Waals surface area (Å²) < 4.78 is 28.5. The third-order valence-electron chi connectivity index (χ3n) is 7.52. The quantitative estimate of drug-likeness (QED) is 0.314. The fraction of sp³-hybridized carbons (Fsp3) is 0.481. The Labute approximate surface area is 238 Å². The average Bonchev–Trinajstić information content (AvgIpc) is 3.36. The predicted molar refractivity (Wildman–Crippen MR) is 155 cm³/mol. The maximum absolute atomic E-state index is 13.1. The number of amides is 1. The first kappa shape index (κ1) is 28.4. The number of thiazole rings is 1. The lowest BCUT2D eigenvalue weighted by Gasteiger charge is -2.34.